The van der Waals surface area contributed by atoms with Crippen molar-refractivity contribution in [2.45, 2.75) is 27.7 Å². The molecule has 0 spiro atoms. The number of likely N-dealkylation sites (N-methyl/N-ethyl adjacent to an activating group) is 2. The molecule has 1 heterocycles. The molecule has 0 aliphatic carbocycles. The van der Waals surface area contributed by atoms with Gasteiger partial charge in [-0.25, -0.2) is 0 Å². The predicted molar refractivity (Wildman–Crippen MR) is 106 cm³/mol. The zero-order valence-corrected chi connectivity index (χ0v) is 22.6. The molecule has 1 rings (SSSR count). The lowest BCUT2D eigenvalue weighted by molar-refractivity contribution is -0.904. The lowest BCUT2D eigenvalue weighted by atomic mass is 10.4. The molecule has 0 saturated carbocycles. The van der Waals surface area contributed by atoms with Crippen LogP contribution in [0.15, 0.2) is 0 Å². The Morgan fingerprint density at radius 2 is 1.04 bits per heavy atom. The zero-order chi connectivity index (χ0) is 18.9. The van der Waals surface area contributed by atoms with E-state index in [1.165, 1.54) is 0 Å². The maximum absolute atomic E-state index is 6.05. The van der Waals surface area contributed by atoms with Crippen LogP contribution in [0.2, 0.25) is 5.28 Å². The minimum atomic E-state index is 0. The Morgan fingerprint density at radius 3 is 1.33 bits per heavy atom. The van der Waals surface area contributed by atoms with Crippen LogP contribution in [0.4, 0.5) is 11.9 Å². The number of nitrogens with zero attached hydrogens (tertiary/aromatic N) is 5. The van der Waals surface area contributed by atoms with Gasteiger partial charge in [0.05, 0.1) is 66.5 Å². The normalized spacial score (nSPS) is 11.4. The lowest BCUT2D eigenvalue weighted by Crippen LogP contribution is -3.00. The van der Waals surface area contributed by atoms with Gasteiger partial charge in [-0.2, -0.15) is 15.0 Å². The van der Waals surface area contributed by atoms with Crippen LogP contribution in [0.3, 0.4) is 0 Å². The van der Waals surface area contributed by atoms with Crippen LogP contribution in [0, 0.1) is 0 Å². The minimum absolute atomic E-state index is 0. The molecule has 0 aromatic carbocycles. The third-order valence-corrected chi connectivity index (χ3v) is 5.70. The second-order valence-electron chi connectivity index (χ2n) is 7.06. The Hall–Kier alpha value is 0.280. The quantitative estimate of drug-likeness (QED) is 0.185. The van der Waals surface area contributed by atoms with Crippen molar-refractivity contribution in [1.29, 1.82) is 0 Å². The molecule has 0 aliphatic heterocycles. The summed E-state index contributed by atoms with van der Waals surface area (Å²) in [5.74, 6) is 1.06. The molecule has 1 aromatic heterocycles. The Balaban J connectivity index is 0. The lowest BCUT2D eigenvalue weighted by Gasteiger charge is -2.32. The van der Waals surface area contributed by atoms with E-state index in [0.717, 1.165) is 61.3 Å². The molecule has 0 atom stereocenters. The average molecular weight is 628 g/mol. The Kier molecular flexibility index (Phi) is 15.6. The average Bonchev–Trinajstić information content (AvgIpc) is 2.61. The molecular weight excluding hydrogens is 591 g/mol. The topological polar surface area (TPSA) is 62.7 Å². The van der Waals surface area contributed by atoms with Crippen molar-refractivity contribution in [2.24, 2.45) is 0 Å². The van der Waals surface area contributed by atoms with Crippen molar-refractivity contribution in [2.75, 3.05) is 77.1 Å². The fourth-order valence-corrected chi connectivity index (χ4v) is 2.62. The fraction of sp³-hybridized carbons (Fsp3) is 0.824. The van der Waals surface area contributed by atoms with Gasteiger partial charge in [-0.3, -0.25) is 0 Å². The standard InChI is InChI=1S/C17H36ClN7.2HI/c1-7-24(5,8-2)13-11-19-16-21-15(18)22-17(23-16)20-12-14-25(6,9-3)10-4;;/h7-14H2,1-6H3,(H2,19,20,21,22,23);2*1H/q+2;;/p-2. The van der Waals surface area contributed by atoms with Crippen molar-refractivity contribution in [3.63, 3.8) is 0 Å². The first-order valence-corrected chi connectivity index (χ1v) is 9.74. The molecule has 0 radical (unpaired) electrons. The zero-order valence-electron chi connectivity index (χ0n) is 17.5. The Morgan fingerprint density at radius 1 is 0.704 bits per heavy atom. The second-order valence-corrected chi connectivity index (χ2v) is 7.39. The Labute approximate surface area is 204 Å². The number of aromatic nitrogens is 3. The fourth-order valence-electron chi connectivity index (χ4n) is 2.46. The van der Waals surface area contributed by atoms with Gasteiger partial charge in [-0.15, -0.1) is 0 Å². The molecule has 7 nitrogen and oxygen atoms in total. The summed E-state index contributed by atoms with van der Waals surface area (Å²) in [5.41, 5.74) is 0. The largest absolute Gasteiger partial charge is 1.00 e. The molecule has 0 unspecified atom stereocenters. The molecule has 2 N–H and O–H groups in total. The summed E-state index contributed by atoms with van der Waals surface area (Å²) in [7, 11) is 4.51. The van der Waals surface area contributed by atoms with Crippen molar-refractivity contribution in [3.05, 3.63) is 5.28 Å². The summed E-state index contributed by atoms with van der Waals surface area (Å²) in [6.45, 7) is 16.9. The number of hydrogen-bond donors (Lipinski definition) is 2. The van der Waals surface area contributed by atoms with E-state index in [0.29, 0.717) is 11.9 Å². The van der Waals surface area contributed by atoms with E-state index in [9.17, 15) is 0 Å². The smallest absolute Gasteiger partial charge is 0.229 e. The number of hydrogen-bond acceptors (Lipinski definition) is 5. The molecule has 160 valence electrons. The summed E-state index contributed by atoms with van der Waals surface area (Å²) >= 11 is 6.05. The number of nitrogens with one attached hydrogen (secondary N) is 2. The van der Waals surface area contributed by atoms with Gasteiger partial charge in [-0.05, 0) is 39.3 Å². The van der Waals surface area contributed by atoms with Gasteiger partial charge in [0.25, 0.3) is 0 Å². The van der Waals surface area contributed by atoms with E-state index in [4.69, 9.17) is 11.6 Å². The molecule has 0 aliphatic rings. The van der Waals surface area contributed by atoms with Crippen LogP contribution in [-0.4, -0.2) is 90.4 Å². The predicted octanol–water partition coefficient (Wildman–Crippen LogP) is -3.67. The van der Waals surface area contributed by atoms with Gasteiger partial charge in [0.1, 0.15) is 0 Å². The van der Waals surface area contributed by atoms with Crippen molar-refractivity contribution in [1.82, 2.24) is 15.0 Å². The summed E-state index contributed by atoms with van der Waals surface area (Å²) in [4.78, 5) is 12.8. The van der Waals surface area contributed by atoms with Gasteiger partial charge >= 0.3 is 0 Å². The van der Waals surface area contributed by atoms with E-state index in [-0.39, 0.29) is 53.2 Å². The van der Waals surface area contributed by atoms with E-state index >= 15 is 0 Å². The van der Waals surface area contributed by atoms with Crippen LogP contribution in [0.5, 0.6) is 0 Å². The summed E-state index contributed by atoms with van der Waals surface area (Å²) < 4.78 is 2.03. The molecule has 0 amide bonds. The SMILES string of the molecule is CC[N+](C)(CC)CCNc1nc(Cl)nc(NCC[N+](C)(CC)CC)n1.[I-].[I-]. The van der Waals surface area contributed by atoms with Gasteiger partial charge in [0.15, 0.2) is 0 Å². The van der Waals surface area contributed by atoms with Crippen molar-refractivity contribution in [3.8, 4) is 0 Å². The first-order valence-electron chi connectivity index (χ1n) is 9.36. The van der Waals surface area contributed by atoms with E-state index in [1.54, 1.807) is 0 Å². The highest BCUT2D eigenvalue weighted by atomic mass is 127. The maximum Gasteiger partial charge on any atom is 0.229 e. The summed E-state index contributed by atoms with van der Waals surface area (Å²) in [5, 5.41) is 6.76. The highest BCUT2D eigenvalue weighted by Gasteiger charge is 2.17. The van der Waals surface area contributed by atoms with E-state index in [1.807, 2.05) is 0 Å². The van der Waals surface area contributed by atoms with Gasteiger partial charge in [-0.1, -0.05) is 0 Å². The summed E-state index contributed by atoms with van der Waals surface area (Å²) in [6.07, 6.45) is 0. The first-order chi connectivity index (χ1) is 11.8. The van der Waals surface area contributed by atoms with Crippen LogP contribution in [0.1, 0.15) is 27.7 Å². The molecule has 0 saturated heterocycles. The third-order valence-electron chi connectivity index (χ3n) is 5.53. The van der Waals surface area contributed by atoms with Gasteiger partial charge < -0.3 is 67.6 Å². The van der Waals surface area contributed by atoms with Crippen molar-refractivity contribution >= 4 is 23.5 Å². The second kappa shape index (κ2) is 14.3. The molecule has 0 bridgehead atoms. The number of anilines is 2. The highest BCUT2D eigenvalue weighted by Crippen LogP contribution is 2.10. The minimum Gasteiger partial charge on any atom is -1.00 e. The molecule has 10 heteroatoms. The Bertz CT molecular complexity index is 484. The first kappa shape index (κ1) is 29.5. The van der Waals surface area contributed by atoms with Crippen LogP contribution < -0.4 is 58.6 Å². The molecule has 27 heavy (non-hydrogen) atoms. The molecule has 0 fully saturated rings. The number of quaternary nitrogens is 2. The van der Waals surface area contributed by atoms with E-state index < -0.39 is 0 Å². The molecular formula is C17H36ClI2N7. The number of halogens is 3. The van der Waals surface area contributed by atoms with Crippen LogP contribution in [-0.2, 0) is 0 Å². The van der Waals surface area contributed by atoms with Crippen LogP contribution in [0.25, 0.3) is 0 Å². The third kappa shape index (κ3) is 10.6. The van der Waals surface area contributed by atoms with Gasteiger partial charge in [0.2, 0.25) is 17.2 Å². The van der Waals surface area contributed by atoms with Gasteiger partial charge in [0, 0.05) is 0 Å². The van der Waals surface area contributed by atoms with Crippen molar-refractivity contribution < 1.29 is 56.9 Å². The highest BCUT2D eigenvalue weighted by molar-refractivity contribution is 6.28. The molecule has 1 aromatic rings. The van der Waals surface area contributed by atoms with E-state index in [2.05, 4.69) is 67.4 Å². The number of rotatable bonds is 12. The summed E-state index contributed by atoms with van der Waals surface area (Å²) in [6, 6.07) is 0. The monoisotopic (exact) mass is 627 g/mol. The maximum atomic E-state index is 6.05. The van der Waals surface area contributed by atoms with Crippen LogP contribution >= 0.6 is 11.6 Å².